The van der Waals surface area contributed by atoms with Gasteiger partial charge in [-0.15, -0.1) is 0 Å². The molecule has 1 aliphatic rings. The molecule has 1 unspecified atom stereocenters. The summed E-state index contributed by atoms with van der Waals surface area (Å²) in [6, 6.07) is 6.24. The van der Waals surface area contributed by atoms with Crippen molar-refractivity contribution in [3.05, 3.63) is 34.2 Å². The second-order valence-corrected chi connectivity index (χ2v) is 7.17. The Kier molecular flexibility index (Phi) is 3.74. The quantitative estimate of drug-likeness (QED) is 0.791. The molecule has 1 aromatic heterocycles. The molecule has 1 atom stereocenters. The van der Waals surface area contributed by atoms with Gasteiger partial charge in [0.2, 0.25) is 0 Å². The molecular formula is C16H21BrN2O2. The minimum absolute atomic E-state index is 0.0145. The van der Waals surface area contributed by atoms with E-state index in [1.54, 1.807) is 9.13 Å². The molecule has 1 aliphatic carbocycles. The molecule has 21 heavy (non-hydrogen) atoms. The van der Waals surface area contributed by atoms with Crippen molar-refractivity contribution in [3.63, 3.8) is 0 Å². The molecule has 0 bridgehead atoms. The molecule has 1 aromatic carbocycles. The van der Waals surface area contributed by atoms with Crippen LogP contribution in [0.3, 0.4) is 0 Å². The van der Waals surface area contributed by atoms with Crippen LogP contribution in [0.1, 0.15) is 36.1 Å². The average molecular weight is 353 g/mol. The summed E-state index contributed by atoms with van der Waals surface area (Å²) in [6.45, 7) is 0. The number of halogens is 1. The fraction of sp³-hybridized carbons (Fsp3) is 0.562. The summed E-state index contributed by atoms with van der Waals surface area (Å²) >= 11 is 3.80. The average Bonchev–Trinajstić information content (AvgIpc) is 2.67. The number of aryl methyl sites for hydroxylation is 2. The zero-order valence-electron chi connectivity index (χ0n) is 12.7. The van der Waals surface area contributed by atoms with Crippen molar-refractivity contribution in [1.29, 1.82) is 0 Å². The number of alkyl halides is 1. The summed E-state index contributed by atoms with van der Waals surface area (Å²) in [4.78, 5) is 12.2. The topological polar surface area (TPSA) is 36.2 Å². The van der Waals surface area contributed by atoms with Gasteiger partial charge in [0, 0.05) is 26.0 Å². The minimum Gasteiger partial charge on any atom is -0.378 e. The third kappa shape index (κ3) is 2.36. The van der Waals surface area contributed by atoms with E-state index in [9.17, 15) is 4.79 Å². The Labute approximate surface area is 132 Å². The van der Waals surface area contributed by atoms with Crippen molar-refractivity contribution in [1.82, 2.24) is 9.13 Å². The molecule has 0 aliphatic heterocycles. The maximum Gasteiger partial charge on any atom is 0.328 e. The van der Waals surface area contributed by atoms with Crippen molar-refractivity contribution in [3.8, 4) is 0 Å². The molecular weight excluding hydrogens is 332 g/mol. The SMILES string of the molecule is COC1(CC(Br)c2ccc3c(c2)n(C)c(=O)n3C)CCC1. The van der Waals surface area contributed by atoms with Crippen molar-refractivity contribution >= 4 is 27.0 Å². The van der Waals surface area contributed by atoms with Crippen LogP contribution in [0.2, 0.25) is 0 Å². The third-order valence-electron chi connectivity index (χ3n) is 4.91. The second kappa shape index (κ2) is 5.29. The number of ether oxygens (including phenoxy) is 1. The molecule has 0 saturated heterocycles. The van der Waals surface area contributed by atoms with Gasteiger partial charge in [-0.2, -0.15) is 0 Å². The van der Waals surface area contributed by atoms with Gasteiger partial charge in [0.25, 0.3) is 0 Å². The number of hydrogen-bond donors (Lipinski definition) is 0. The lowest BCUT2D eigenvalue weighted by atomic mass is 9.76. The molecule has 4 nitrogen and oxygen atoms in total. The fourth-order valence-corrected chi connectivity index (χ4v) is 4.10. The van der Waals surface area contributed by atoms with Crippen molar-refractivity contribution in [2.75, 3.05) is 7.11 Å². The first-order valence-electron chi connectivity index (χ1n) is 7.32. The summed E-state index contributed by atoms with van der Waals surface area (Å²) in [6.07, 6.45) is 4.49. The molecule has 0 radical (unpaired) electrons. The molecule has 0 amide bonds. The molecule has 2 aromatic rings. The first kappa shape index (κ1) is 14.9. The van der Waals surface area contributed by atoms with E-state index in [-0.39, 0.29) is 16.1 Å². The number of nitrogens with zero attached hydrogens (tertiary/aromatic N) is 2. The monoisotopic (exact) mass is 352 g/mol. The molecule has 3 rings (SSSR count). The van der Waals surface area contributed by atoms with Gasteiger partial charge < -0.3 is 4.74 Å². The zero-order chi connectivity index (χ0) is 15.2. The van der Waals surface area contributed by atoms with Crippen molar-refractivity contribution in [2.45, 2.75) is 36.1 Å². The molecule has 0 spiro atoms. The highest BCUT2D eigenvalue weighted by Gasteiger charge is 2.38. The van der Waals surface area contributed by atoms with Gasteiger partial charge in [-0.25, -0.2) is 4.79 Å². The number of hydrogen-bond acceptors (Lipinski definition) is 2. The van der Waals surface area contributed by atoms with E-state index < -0.39 is 0 Å². The van der Waals surface area contributed by atoms with E-state index in [4.69, 9.17) is 4.74 Å². The summed E-state index contributed by atoms with van der Waals surface area (Å²) in [5.41, 5.74) is 3.19. The predicted octanol–water partition coefficient (Wildman–Crippen LogP) is 3.27. The van der Waals surface area contributed by atoms with Crippen LogP contribution >= 0.6 is 15.9 Å². The van der Waals surface area contributed by atoms with E-state index in [0.717, 1.165) is 30.3 Å². The van der Waals surface area contributed by atoms with Gasteiger partial charge in [0.05, 0.1) is 16.6 Å². The molecule has 1 fully saturated rings. The number of rotatable bonds is 4. The van der Waals surface area contributed by atoms with Gasteiger partial charge >= 0.3 is 5.69 Å². The molecule has 0 N–H and O–H groups in total. The smallest absolute Gasteiger partial charge is 0.328 e. The first-order valence-corrected chi connectivity index (χ1v) is 8.23. The normalized spacial score (nSPS) is 18.7. The lowest BCUT2D eigenvalue weighted by Crippen LogP contribution is -2.39. The van der Waals surface area contributed by atoms with Gasteiger partial charge in [0.1, 0.15) is 0 Å². The van der Waals surface area contributed by atoms with Gasteiger partial charge in [-0.3, -0.25) is 9.13 Å². The highest BCUT2D eigenvalue weighted by Crippen LogP contribution is 2.44. The Morgan fingerprint density at radius 2 is 1.95 bits per heavy atom. The zero-order valence-corrected chi connectivity index (χ0v) is 14.3. The van der Waals surface area contributed by atoms with Crippen LogP contribution in [-0.2, 0) is 18.8 Å². The maximum atomic E-state index is 12.0. The number of benzene rings is 1. The van der Waals surface area contributed by atoms with Gasteiger partial charge in [0.15, 0.2) is 0 Å². The van der Waals surface area contributed by atoms with Crippen molar-refractivity contribution in [2.24, 2.45) is 14.1 Å². The van der Waals surface area contributed by atoms with Crippen LogP contribution in [0, 0.1) is 0 Å². The fourth-order valence-electron chi connectivity index (χ4n) is 3.23. The largest absolute Gasteiger partial charge is 0.378 e. The Morgan fingerprint density at radius 1 is 1.29 bits per heavy atom. The van der Waals surface area contributed by atoms with Crippen LogP contribution in [0.15, 0.2) is 23.0 Å². The summed E-state index contributed by atoms with van der Waals surface area (Å²) in [5, 5.41) is 0. The van der Waals surface area contributed by atoms with Crippen LogP contribution in [0.25, 0.3) is 11.0 Å². The second-order valence-electron chi connectivity index (χ2n) is 6.06. The van der Waals surface area contributed by atoms with Crippen LogP contribution < -0.4 is 5.69 Å². The summed E-state index contributed by atoms with van der Waals surface area (Å²) in [7, 11) is 5.44. The van der Waals surface area contributed by atoms with Gasteiger partial charge in [-0.1, -0.05) is 22.0 Å². The number of fused-ring (bicyclic) bond motifs is 1. The minimum atomic E-state index is 0.0145. The Hall–Kier alpha value is -1.07. The molecule has 114 valence electrons. The van der Waals surface area contributed by atoms with E-state index >= 15 is 0 Å². The van der Waals surface area contributed by atoms with Crippen molar-refractivity contribution < 1.29 is 4.74 Å². The Balaban J connectivity index is 1.94. The number of methoxy groups -OCH3 is 1. The van der Waals surface area contributed by atoms with E-state index in [0.29, 0.717) is 0 Å². The van der Waals surface area contributed by atoms with Crippen LogP contribution in [0.4, 0.5) is 0 Å². The number of aromatic nitrogens is 2. The summed E-state index contributed by atoms with van der Waals surface area (Å²) in [5.74, 6) is 0. The van der Waals surface area contributed by atoms with Crippen LogP contribution in [0.5, 0.6) is 0 Å². The van der Waals surface area contributed by atoms with Crippen LogP contribution in [-0.4, -0.2) is 21.8 Å². The van der Waals surface area contributed by atoms with E-state index in [2.05, 4.69) is 28.1 Å². The lowest BCUT2D eigenvalue weighted by Gasteiger charge is -2.42. The Morgan fingerprint density at radius 3 is 2.52 bits per heavy atom. The molecule has 5 heteroatoms. The predicted molar refractivity (Wildman–Crippen MR) is 88.0 cm³/mol. The molecule has 1 saturated carbocycles. The number of imidazole rings is 1. The molecule has 1 heterocycles. The first-order chi connectivity index (χ1) is 9.97. The Bertz CT molecular complexity index is 722. The summed E-state index contributed by atoms with van der Waals surface area (Å²) < 4.78 is 9.10. The highest BCUT2D eigenvalue weighted by molar-refractivity contribution is 9.09. The van der Waals surface area contributed by atoms with E-state index in [1.807, 2.05) is 27.3 Å². The highest BCUT2D eigenvalue weighted by atomic mass is 79.9. The van der Waals surface area contributed by atoms with E-state index in [1.165, 1.54) is 12.0 Å². The maximum absolute atomic E-state index is 12.0. The lowest BCUT2D eigenvalue weighted by molar-refractivity contribution is -0.0773. The third-order valence-corrected chi connectivity index (χ3v) is 5.76. The standard InChI is InChI=1S/C16H21BrN2O2/c1-18-13-6-5-11(9-14(13)19(2)15(18)20)12(17)10-16(21-3)7-4-8-16/h5-6,9,12H,4,7-8,10H2,1-3H3. The van der Waals surface area contributed by atoms with Gasteiger partial charge in [-0.05, 0) is 43.4 Å².